The highest BCUT2D eigenvalue weighted by atomic mass is 35.7. The SMILES string of the molecule is CS(C[C@H]1OP(Cl)N2CCC[C@@H]12)(c1ccccc1)c1ccccc1. The maximum absolute atomic E-state index is 6.51. The van der Waals surface area contributed by atoms with Gasteiger partial charge in [-0.1, -0.05) is 36.4 Å². The predicted molar refractivity (Wildman–Crippen MR) is 105 cm³/mol. The molecule has 0 saturated carbocycles. The minimum Gasteiger partial charge on any atom is -0.326 e. The highest BCUT2D eigenvalue weighted by Crippen LogP contribution is 2.65. The summed E-state index contributed by atoms with van der Waals surface area (Å²) >= 11 is 6.51. The third-order valence-corrected chi connectivity index (χ3v) is 10.9. The van der Waals surface area contributed by atoms with E-state index in [0.717, 1.165) is 12.3 Å². The Labute approximate surface area is 152 Å². The summed E-state index contributed by atoms with van der Waals surface area (Å²) in [4.78, 5) is 2.85. The lowest BCUT2D eigenvalue weighted by molar-refractivity contribution is 0.237. The molecule has 2 saturated heterocycles. The molecule has 0 amide bonds. The Kier molecular flexibility index (Phi) is 4.90. The molecule has 0 bridgehead atoms. The monoisotopic (exact) mass is 379 g/mol. The Morgan fingerprint density at radius 2 is 1.67 bits per heavy atom. The van der Waals surface area contributed by atoms with Crippen molar-refractivity contribution in [2.24, 2.45) is 0 Å². The highest BCUT2D eigenvalue weighted by Gasteiger charge is 2.46. The molecule has 0 radical (unpaired) electrons. The maximum atomic E-state index is 6.51. The molecule has 0 aromatic heterocycles. The lowest BCUT2D eigenvalue weighted by Crippen LogP contribution is -2.32. The van der Waals surface area contributed by atoms with Gasteiger partial charge in [0.15, 0.2) is 0 Å². The Balaban J connectivity index is 1.69. The van der Waals surface area contributed by atoms with Gasteiger partial charge in [-0.05, 0) is 64.4 Å². The van der Waals surface area contributed by atoms with E-state index in [2.05, 4.69) is 71.6 Å². The fourth-order valence-electron chi connectivity index (χ4n) is 3.83. The molecule has 2 aliphatic rings. The molecule has 2 aromatic rings. The molecule has 24 heavy (non-hydrogen) atoms. The van der Waals surface area contributed by atoms with Crippen molar-refractivity contribution in [2.45, 2.75) is 34.8 Å². The van der Waals surface area contributed by atoms with Crippen LogP contribution < -0.4 is 0 Å². The van der Waals surface area contributed by atoms with Crippen molar-refractivity contribution in [3.8, 4) is 0 Å². The van der Waals surface area contributed by atoms with Gasteiger partial charge in [0.25, 0.3) is 0 Å². The number of halogens is 1. The molecule has 2 nitrogen and oxygen atoms in total. The summed E-state index contributed by atoms with van der Waals surface area (Å²) in [6.45, 7) is 1.10. The molecule has 128 valence electrons. The highest BCUT2D eigenvalue weighted by molar-refractivity contribution is 8.33. The van der Waals surface area contributed by atoms with Crippen LogP contribution >= 0.6 is 28.9 Å². The van der Waals surface area contributed by atoms with E-state index >= 15 is 0 Å². The van der Waals surface area contributed by atoms with Crippen LogP contribution in [0.15, 0.2) is 70.5 Å². The van der Waals surface area contributed by atoms with Gasteiger partial charge >= 0.3 is 0 Å². The van der Waals surface area contributed by atoms with E-state index < -0.39 is 17.7 Å². The smallest absolute Gasteiger partial charge is 0.207 e. The Hall–Kier alpha value is -0.570. The molecule has 3 atom stereocenters. The molecule has 2 heterocycles. The van der Waals surface area contributed by atoms with Crippen molar-refractivity contribution in [3.05, 3.63) is 60.7 Å². The van der Waals surface area contributed by atoms with Crippen LogP contribution in [-0.2, 0) is 4.52 Å². The van der Waals surface area contributed by atoms with Crippen LogP contribution in [0.5, 0.6) is 0 Å². The van der Waals surface area contributed by atoms with Crippen LogP contribution in [0.2, 0.25) is 0 Å². The fourth-order valence-corrected chi connectivity index (χ4v) is 9.28. The van der Waals surface area contributed by atoms with E-state index in [-0.39, 0.29) is 6.10 Å². The molecule has 1 unspecified atom stereocenters. The van der Waals surface area contributed by atoms with Crippen LogP contribution in [0.1, 0.15) is 12.8 Å². The number of benzene rings is 2. The predicted octanol–water partition coefficient (Wildman–Crippen LogP) is 5.87. The Morgan fingerprint density at radius 1 is 1.08 bits per heavy atom. The number of hydrogen-bond acceptors (Lipinski definition) is 2. The molecule has 2 fully saturated rings. The minimum absolute atomic E-state index is 0.247. The second kappa shape index (κ2) is 6.97. The van der Waals surface area contributed by atoms with Gasteiger partial charge in [0.1, 0.15) is 0 Å². The standard InChI is InChI=1S/C19H23ClNOPS/c1-24(16-9-4-2-5-10-16,17-11-6-3-7-12-17)15-19-18-13-8-14-21(18)23(20)22-19/h2-7,9-12,18-19H,8,13-15H2,1H3/t18-,19+,23?/m0/s1. The number of fused-ring (bicyclic) bond motifs is 1. The van der Waals surface area contributed by atoms with E-state index in [0.29, 0.717) is 6.04 Å². The van der Waals surface area contributed by atoms with Crippen LogP contribution in [0.25, 0.3) is 0 Å². The van der Waals surface area contributed by atoms with Gasteiger partial charge in [0.2, 0.25) is 7.65 Å². The van der Waals surface area contributed by atoms with E-state index in [9.17, 15) is 0 Å². The molecule has 4 rings (SSSR count). The lowest BCUT2D eigenvalue weighted by Gasteiger charge is -2.39. The number of hydrogen-bond donors (Lipinski definition) is 0. The van der Waals surface area contributed by atoms with E-state index in [1.165, 1.54) is 22.6 Å². The summed E-state index contributed by atoms with van der Waals surface area (Å²) in [6, 6.07) is 22.4. The molecule has 0 spiro atoms. The molecule has 2 aliphatic heterocycles. The van der Waals surface area contributed by atoms with E-state index in [4.69, 9.17) is 15.8 Å². The quantitative estimate of drug-likeness (QED) is 0.616. The van der Waals surface area contributed by atoms with Gasteiger partial charge in [0.05, 0.1) is 6.10 Å². The normalized spacial score (nSPS) is 28.0. The van der Waals surface area contributed by atoms with Crippen molar-refractivity contribution < 1.29 is 4.52 Å². The molecular weight excluding hydrogens is 357 g/mol. The average molecular weight is 380 g/mol. The lowest BCUT2D eigenvalue weighted by atomic mass is 10.1. The molecule has 5 heteroatoms. The first-order valence-electron chi connectivity index (χ1n) is 8.44. The van der Waals surface area contributed by atoms with Crippen molar-refractivity contribution in [1.82, 2.24) is 4.67 Å². The third kappa shape index (κ3) is 3.02. The molecule has 2 aromatic carbocycles. The second-order valence-electron chi connectivity index (χ2n) is 6.62. The van der Waals surface area contributed by atoms with Gasteiger partial charge in [-0.3, -0.25) is 0 Å². The maximum Gasteiger partial charge on any atom is 0.207 e. The van der Waals surface area contributed by atoms with Gasteiger partial charge in [0, 0.05) is 18.3 Å². The van der Waals surface area contributed by atoms with E-state index in [1.54, 1.807) is 0 Å². The largest absolute Gasteiger partial charge is 0.326 e. The van der Waals surface area contributed by atoms with Crippen LogP contribution in [0, 0.1) is 0 Å². The second-order valence-corrected chi connectivity index (χ2v) is 12.1. The third-order valence-electron chi connectivity index (χ3n) is 5.15. The fraction of sp³-hybridized carbons (Fsp3) is 0.368. The zero-order chi connectivity index (χ0) is 16.6. The first-order valence-corrected chi connectivity index (χ1v) is 12.8. The summed E-state index contributed by atoms with van der Waals surface area (Å²) in [7, 11) is -2.06. The number of rotatable bonds is 4. The minimum atomic E-state index is -1.14. The summed E-state index contributed by atoms with van der Waals surface area (Å²) in [5, 5.41) is 0. The topological polar surface area (TPSA) is 12.5 Å². The van der Waals surface area contributed by atoms with E-state index in [1.807, 2.05) is 0 Å². The average Bonchev–Trinajstić information content (AvgIpc) is 3.22. The summed E-state index contributed by atoms with van der Waals surface area (Å²) in [5.74, 6) is 1.05. The molecule has 0 N–H and O–H groups in total. The molecule has 0 aliphatic carbocycles. The zero-order valence-corrected chi connectivity index (χ0v) is 16.3. The Bertz CT molecular complexity index is 647. The van der Waals surface area contributed by atoms with Crippen molar-refractivity contribution >= 4 is 28.9 Å². The molecular formula is C19H23ClNOPS. The van der Waals surface area contributed by atoms with Gasteiger partial charge in [-0.15, -0.1) is 0 Å². The van der Waals surface area contributed by atoms with Gasteiger partial charge < -0.3 is 4.52 Å². The van der Waals surface area contributed by atoms with Gasteiger partial charge in [-0.2, -0.15) is 10.0 Å². The van der Waals surface area contributed by atoms with Crippen LogP contribution in [-0.4, -0.2) is 35.4 Å². The van der Waals surface area contributed by atoms with Crippen molar-refractivity contribution in [2.75, 3.05) is 18.6 Å². The Morgan fingerprint density at radius 3 is 2.25 bits per heavy atom. The van der Waals surface area contributed by atoms with Crippen LogP contribution in [0.4, 0.5) is 0 Å². The van der Waals surface area contributed by atoms with Crippen LogP contribution in [0.3, 0.4) is 0 Å². The first-order chi connectivity index (χ1) is 11.7. The summed E-state index contributed by atoms with van der Waals surface area (Å²) in [6.07, 6.45) is 5.14. The number of nitrogens with zero attached hydrogens (tertiary/aromatic N) is 1. The zero-order valence-electron chi connectivity index (χ0n) is 13.8. The first kappa shape index (κ1) is 16.9. The van der Waals surface area contributed by atoms with Crippen molar-refractivity contribution in [1.29, 1.82) is 0 Å². The summed E-state index contributed by atoms with van der Waals surface area (Å²) < 4.78 is 8.64. The summed E-state index contributed by atoms with van der Waals surface area (Å²) in [5.41, 5.74) is 0. The van der Waals surface area contributed by atoms with Crippen molar-refractivity contribution in [3.63, 3.8) is 0 Å². The van der Waals surface area contributed by atoms with Gasteiger partial charge in [-0.25, -0.2) is 4.67 Å².